The Morgan fingerprint density at radius 2 is 1.86 bits per heavy atom. The van der Waals surface area contributed by atoms with Crippen LogP contribution in [0.1, 0.15) is 40.2 Å². The molecule has 2 heterocycles. The van der Waals surface area contributed by atoms with E-state index in [-0.39, 0.29) is 18.0 Å². The first-order valence-corrected chi connectivity index (χ1v) is 10.6. The Morgan fingerprint density at radius 3 is 2.41 bits per heavy atom. The molecule has 2 rings (SSSR count). The molecule has 0 aliphatic carbocycles. The highest BCUT2D eigenvalue weighted by atomic mass is 16.2. The minimum absolute atomic E-state index is 0.0581. The van der Waals surface area contributed by atoms with Crippen LogP contribution in [0.2, 0.25) is 0 Å². The summed E-state index contributed by atoms with van der Waals surface area (Å²) in [6.45, 7) is 16.8. The lowest BCUT2D eigenvalue weighted by Gasteiger charge is -2.34. The molecule has 0 spiro atoms. The Hall–Kier alpha value is -2.35. The van der Waals surface area contributed by atoms with Crippen molar-refractivity contribution < 1.29 is 4.79 Å². The summed E-state index contributed by atoms with van der Waals surface area (Å²) in [4.78, 5) is 26.0. The number of aliphatic imine (C=N–C) groups is 1. The number of pyridine rings is 1. The highest BCUT2D eigenvalue weighted by Crippen LogP contribution is 2.14. The Kier molecular flexibility index (Phi) is 8.70. The van der Waals surface area contributed by atoms with Gasteiger partial charge in [0.1, 0.15) is 5.82 Å². The molecule has 1 aromatic rings. The van der Waals surface area contributed by atoms with Crippen LogP contribution in [-0.4, -0.2) is 73.1 Å². The lowest BCUT2D eigenvalue weighted by Crippen LogP contribution is -2.48. The number of hydrogen-bond acceptors (Lipinski definition) is 5. The molecular weight excluding hydrogens is 366 g/mol. The van der Waals surface area contributed by atoms with Gasteiger partial charge in [-0.25, -0.2) is 9.98 Å². The zero-order valence-corrected chi connectivity index (χ0v) is 18.6. The predicted molar refractivity (Wildman–Crippen MR) is 119 cm³/mol. The van der Waals surface area contributed by atoms with Crippen molar-refractivity contribution >= 4 is 17.7 Å². The van der Waals surface area contributed by atoms with Gasteiger partial charge in [0.05, 0.1) is 13.1 Å². The molecule has 1 amide bonds. The number of nitrogens with zero attached hydrogens (tertiary/aromatic N) is 4. The van der Waals surface area contributed by atoms with Gasteiger partial charge in [0, 0.05) is 44.5 Å². The number of guanidine groups is 1. The van der Waals surface area contributed by atoms with E-state index >= 15 is 0 Å². The van der Waals surface area contributed by atoms with E-state index in [0.717, 1.165) is 50.6 Å². The first-order chi connectivity index (χ1) is 13.8. The van der Waals surface area contributed by atoms with E-state index in [1.54, 1.807) is 0 Å². The van der Waals surface area contributed by atoms with E-state index in [0.29, 0.717) is 12.5 Å². The summed E-state index contributed by atoms with van der Waals surface area (Å²) in [7, 11) is 0. The third-order valence-electron chi connectivity index (χ3n) is 4.65. The molecule has 0 saturated carbocycles. The minimum Gasteiger partial charge on any atom is -0.357 e. The monoisotopic (exact) mass is 403 g/mol. The Bertz CT molecular complexity index is 659. The molecule has 1 saturated heterocycles. The average Bonchev–Trinajstić information content (AvgIpc) is 2.69. The third kappa shape index (κ3) is 8.27. The molecule has 1 aromatic heterocycles. The molecule has 162 valence electrons. The number of amides is 1. The van der Waals surface area contributed by atoms with Crippen LogP contribution in [0.3, 0.4) is 0 Å². The average molecular weight is 404 g/mol. The number of piperazine rings is 1. The van der Waals surface area contributed by atoms with Gasteiger partial charge in [-0.2, -0.15) is 0 Å². The maximum absolute atomic E-state index is 12.0. The first kappa shape index (κ1) is 22.9. The number of nitrogens with one attached hydrogen (secondary N) is 3. The van der Waals surface area contributed by atoms with E-state index < -0.39 is 0 Å². The highest BCUT2D eigenvalue weighted by Gasteiger charge is 2.16. The van der Waals surface area contributed by atoms with Crippen LogP contribution in [0.5, 0.6) is 0 Å². The van der Waals surface area contributed by atoms with Gasteiger partial charge in [-0.05, 0) is 45.9 Å². The van der Waals surface area contributed by atoms with Crippen molar-refractivity contribution in [3.63, 3.8) is 0 Å². The van der Waals surface area contributed by atoms with Crippen LogP contribution >= 0.6 is 0 Å². The number of likely N-dealkylation sites (N-methyl/N-ethyl adjacent to an activating group) is 1. The van der Waals surface area contributed by atoms with Gasteiger partial charge in [-0.3, -0.25) is 4.79 Å². The highest BCUT2D eigenvalue weighted by molar-refractivity contribution is 5.86. The summed E-state index contributed by atoms with van der Waals surface area (Å²) >= 11 is 0. The molecule has 29 heavy (non-hydrogen) atoms. The fraction of sp³-hybridized carbons (Fsp3) is 0.667. The molecular formula is C21H37N7O. The molecule has 1 fully saturated rings. The molecule has 8 heteroatoms. The van der Waals surface area contributed by atoms with E-state index in [1.807, 2.05) is 33.9 Å². The van der Waals surface area contributed by atoms with Crippen LogP contribution in [0.25, 0.3) is 0 Å². The Labute approximate surface area is 175 Å². The number of hydrogen-bond donors (Lipinski definition) is 3. The van der Waals surface area contributed by atoms with Crippen molar-refractivity contribution in [1.82, 2.24) is 25.8 Å². The van der Waals surface area contributed by atoms with Crippen molar-refractivity contribution in [3.05, 3.63) is 23.9 Å². The molecule has 0 radical (unpaired) electrons. The second kappa shape index (κ2) is 11.0. The topological polar surface area (TPSA) is 84.9 Å². The van der Waals surface area contributed by atoms with Crippen molar-refractivity contribution in [2.45, 2.75) is 46.7 Å². The summed E-state index contributed by atoms with van der Waals surface area (Å²) < 4.78 is 0. The van der Waals surface area contributed by atoms with Crippen molar-refractivity contribution in [2.75, 3.05) is 50.7 Å². The van der Waals surface area contributed by atoms with Crippen molar-refractivity contribution in [2.24, 2.45) is 4.99 Å². The SMILES string of the molecule is CCNC(=NCc1ccc(N2CCN(CC)CC2)nc1)NCC(=O)NC(C)(C)C. The van der Waals surface area contributed by atoms with E-state index in [4.69, 9.17) is 0 Å². The summed E-state index contributed by atoms with van der Waals surface area (Å²) in [6.07, 6.45) is 1.89. The number of rotatable bonds is 7. The van der Waals surface area contributed by atoms with Crippen LogP contribution in [0, 0.1) is 0 Å². The molecule has 0 bridgehead atoms. The molecule has 0 aromatic carbocycles. The lowest BCUT2D eigenvalue weighted by molar-refractivity contribution is -0.121. The summed E-state index contributed by atoms with van der Waals surface area (Å²) in [6, 6.07) is 4.15. The van der Waals surface area contributed by atoms with E-state index in [2.05, 4.69) is 54.8 Å². The number of anilines is 1. The van der Waals surface area contributed by atoms with E-state index in [9.17, 15) is 4.79 Å². The standard InChI is InChI=1S/C21H37N7O/c1-6-22-20(25-16-19(29)26-21(3,4)5)24-15-17-8-9-18(23-14-17)28-12-10-27(7-2)11-13-28/h8-9,14H,6-7,10-13,15-16H2,1-5H3,(H,26,29)(H2,22,24,25). The summed E-state index contributed by atoms with van der Waals surface area (Å²) in [5.74, 6) is 1.59. The quantitative estimate of drug-likeness (QED) is 0.469. The van der Waals surface area contributed by atoms with Gasteiger partial charge in [0.25, 0.3) is 0 Å². The van der Waals surface area contributed by atoms with Gasteiger partial charge < -0.3 is 25.8 Å². The normalized spacial score (nSPS) is 15.9. The zero-order valence-electron chi connectivity index (χ0n) is 18.6. The first-order valence-electron chi connectivity index (χ1n) is 10.6. The molecule has 1 aliphatic heterocycles. The number of carbonyl (C=O) groups is 1. The van der Waals surface area contributed by atoms with Gasteiger partial charge in [0.2, 0.25) is 5.91 Å². The van der Waals surface area contributed by atoms with Crippen molar-refractivity contribution in [1.29, 1.82) is 0 Å². The zero-order chi connectivity index (χ0) is 21.3. The molecule has 0 unspecified atom stereocenters. The summed E-state index contributed by atoms with van der Waals surface area (Å²) in [5, 5.41) is 9.18. The fourth-order valence-electron chi connectivity index (χ4n) is 3.13. The van der Waals surface area contributed by atoms with Crippen LogP contribution in [0.15, 0.2) is 23.3 Å². The minimum atomic E-state index is -0.245. The maximum Gasteiger partial charge on any atom is 0.239 e. The van der Waals surface area contributed by atoms with Crippen LogP contribution in [0.4, 0.5) is 5.82 Å². The summed E-state index contributed by atoms with van der Waals surface area (Å²) in [5.41, 5.74) is 0.794. The largest absolute Gasteiger partial charge is 0.357 e. The fourth-order valence-corrected chi connectivity index (χ4v) is 3.13. The molecule has 8 nitrogen and oxygen atoms in total. The van der Waals surface area contributed by atoms with Gasteiger partial charge in [0.15, 0.2) is 5.96 Å². The smallest absolute Gasteiger partial charge is 0.239 e. The van der Waals surface area contributed by atoms with Gasteiger partial charge in [-0.1, -0.05) is 13.0 Å². The second-order valence-corrected chi connectivity index (χ2v) is 8.29. The lowest BCUT2D eigenvalue weighted by atomic mass is 10.1. The van der Waals surface area contributed by atoms with Gasteiger partial charge >= 0.3 is 0 Å². The van der Waals surface area contributed by atoms with Crippen LogP contribution < -0.4 is 20.9 Å². The Morgan fingerprint density at radius 1 is 1.14 bits per heavy atom. The molecule has 0 atom stereocenters. The number of aromatic nitrogens is 1. The number of carbonyl (C=O) groups excluding carboxylic acids is 1. The van der Waals surface area contributed by atoms with Crippen molar-refractivity contribution in [3.8, 4) is 0 Å². The predicted octanol–water partition coefficient (Wildman–Crippen LogP) is 1.19. The van der Waals surface area contributed by atoms with Gasteiger partial charge in [-0.15, -0.1) is 0 Å². The van der Waals surface area contributed by atoms with Crippen LogP contribution in [-0.2, 0) is 11.3 Å². The molecule has 1 aliphatic rings. The maximum atomic E-state index is 12.0. The Balaban J connectivity index is 1.87. The third-order valence-corrected chi connectivity index (χ3v) is 4.65. The second-order valence-electron chi connectivity index (χ2n) is 8.29. The van der Waals surface area contributed by atoms with E-state index in [1.165, 1.54) is 0 Å². The molecule has 3 N–H and O–H groups in total.